The Morgan fingerprint density at radius 2 is 1.89 bits per heavy atom. The molecule has 0 radical (unpaired) electrons. The van der Waals surface area contributed by atoms with Crippen LogP contribution in [0.4, 0.5) is 11.6 Å². The molecule has 0 aliphatic carbocycles. The maximum absolute atomic E-state index is 13.1. The van der Waals surface area contributed by atoms with E-state index in [1.807, 2.05) is 31.3 Å². The number of anilines is 2. The average molecular weight is 364 g/mol. The zero-order chi connectivity index (χ0) is 18.8. The van der Waals surface area contributed by atoms with Crippen molar-refractivity contribution in [2.45, 2.75) is 32.2 Å². The Morgan fingerprint density at radius 3 is 2.59 bits per heavy atom. The lowest BCUT2D eigenvalue weighted by Crippen LogP contribution is -2.41. The Labute approximate surface area is 158 Å². The van der Waals surface area contributed by atoms with E-state index in [2.05, 4.69) is 32.1 Å². The van der Waals surface area contributed by atoms with Crippen LogP contribution in [0.25, 0.3) is 0 Å². The monoisotopic (exact) mass is 364 g/mol. The third-order valence-corrected chi connectivity index (χ3v) is 5.25. The number of hydrogen-bond acceptors (Lipinski definition) is 6. The molecule has 1 amide bonds. The van der Waals surface area contributed by atoms with Gasteiger partial charge >= 0.3 is 0 Å². The predicted molar refractivity (Wildman–Crippen MR) is 105 cm³/mol. The van der Waals surface area contributed by atoms with Gasteiger partial charge in [0.25, 0.3) is 0 Å². The molecular weight excluding hydrogens is 340 g/mol. The second-order valence-corrected chi connectivity index (χ2v) is 7.10. The van der Waals surface area contributed by atoms with E-state index in [0.29, 0.717) is 11.6 Å². The Kier molecular flexibility index (Phi) is 4.75. The van der Waals surface area contributed by atoms with Crippen molar-refractivity contribution in [1.29, 1.82) is 0 Å². The van der Waals surface area contributed by atoms with Crippen molar-refractivity contribution in [3.63, 3.8) is 0 Å². The smallest absolute Gasteiger partial charge is 0.246 e. The van der Waals surface area contributed by atoms with Gasteiger partial charge in [-0.2, -0.15) is 5.10 Å². The van der Waals surface area contributed by atoms with Crippen LogP contribution in [0, 0.1) is 12.8 Å². The van der Waals surface area contributed by atoms with Gasteiger partial charge < -0.3 is 10.6 Å². The molecule has 0 unspecified atom stereocenters. The fourth-order valence-corrected chi connectivity index (χ4v) is 3.86. The molecule has 4 rings (SSSR count). The average Bonchev–Trinajstić information content (AvgIpc) is 3.17. The van der Waals surface area contributed by atoms with Gasteiger partial charge in [0.2, 0.25) is 5.91 Å². The molecule has 2 aliphatic rings. The summed E-state index contributed by atoms with van der Waals surface area (Å²) in [6, 6.07) is 11.9. The molecule has 1 fully saturated rings. The van der Waals surface area contributed by atoms with Crippen LogP contribution in [0.15, 0.2) is 41.5 Å². The van der Waals surface area contributed by atoms with Gasteiger partial charge in [-0.15, -0.1) is 0 Å². The number of nitrogens with zero attached hydrogens (tertiary/aromatic N) is 5. The Bertz CT molecular complexity index is 825. The van der Waals surface area contributed by atoms with Crippen LogP contribution < -0.4 is 10.6 Å². The number of hydrogen-bond donors (Lipinski definition) is 1. The van der Waals surface area contributed by atoms with Crippen LogP contribution in [0.1, 0.15) is 36.7 Å². The minimum atomic E-state index is -0.0111. The standard InChI is InChI=1S/C20H24N6O/c1-14-23-18(21)13-19(24-14)25-11-8-16(9-12-25)20(27)26-17(7-10-22-26)15-5-3-2-4-6-15/h2-6,10,13,16-17H,7-9,11-12H2,1H3,(H2,21,23,24)/t17-/m0/s1. The molecule has 0 bridgehead atoms. The molecule has 0 saturated carbocycles. The van der Waals surface area contributed by atoms with Crippen molar-refractivity contribution in [2.24, 2.45) is 11.0 Å². The topological polar surface area (TPSA) is 87.7 Å². The number of aryl methyl sites for hydroxylation is 1. The summed E-state index contributed by atoms with van der Waals surface area (Å²) in [7, 11) is 0. The first-order valence-corrected chi connectivity index (χ1v) is 9.38. The van der Waals surface area contributed by atoms with Crippen LogP contribution >= 0.6 is 0 Å². The molecule has 7 heteroatoms. The van der Waals surface area contributed by atoms with E-state index < -0.39 is 0 Å². The van der Waals surface area contributed by atoms with Crippen LogP contribution in [0.2, 0.25) is 0 Å². The van der Waals surface area contributed by atoms with Crippen molar-refractivity contribution in [2.75, 3.05) is 23.7 Å². The molecule has 140 valence electrons. The van der Waals surface area contributed by atoms with Crippen LogP contribution in [-0.4, -0.2) is 40.2 Å². The summed E-state index contributed by atoms with van der Waals surface area (Å²) in [6.07, 6.45) is 4.19. The molecule has 2 aliphatic heterocycles. The van der Waals surface area contributed by atoms with Crippen molar-refractivity contribution in [3.05, 3.63) is 47.8 Å². The number of nitrogens with two attached hydrogens (primary N) is 1. The molecule has 27 heavy (non-hydrogen) atoms. The summed E-state index contributed by atoms with van der Waals surface area (Å²) in [4.78, 5) is 23.9. The summed E-state index contributed by atoms with van der Waals surface area (Å²) in [5, 5.41) is 6.06. The molecule has 1 aromatic carbocycles. The molecule has 1 saturated heterocycles. The number of carbonyl (C=O) groups is 1. The van der Waals surface area contributed by atoms with Crippen molar-refractivity contribution in [3.8, 4) is 0 Å². The number of rotatable bonds is 3. The van der Waals surface area contributed by atoms with Gasteiger partial charge in [0, 0.05) is 37.7 Å². The minimum Gasteiger partial charge on any atom is -0.384 e. The van der Waals surface area contributed by atoms with E-state index in [9.17, 15) is 4.79 Å². The summed E-state index contributed by atoms with van der Waals surface area (Å²) >= 11 is 0. The molecular formula is C20H24N6O. The third kappa shape index (κ3) is 3.63. The van der Waals surface area contributed by atoms with E-state index in [0.717, 1.165) is 43.7 Å². The van der Waals surface area contributed by atoms with Crippen LogP contribution in [0.5, 0.6) is 0 Å². The highest BCUT2D eigenvalue weighted by Crippen LogP contribution is 2.32. The highest BCUT2D eigenvalue weighted by Gasteiger charge is 2.34. The number of amides is 1. The largest absolute Gasteiger partial charge is 0.384 e. The zero-order valence-electron chi connectivity index (χ0n) is 15.5. The van der Waals surface area contributed by atoms with Crippen LogP contribution in [-0.2, 0) is 4.79 Å². The predicted octanol–water partition coefficient (Wildman–Crippen LogP) is 2.54. The van der Waals surface area contributed by atoms with E-state index in [1.165, 1.54) is 0 Å². The molecule has 2 aromatic rings. The van der Waals surface area contributed by atoms with Crippen molar-refractivity contribution < 1.29 is 4.79 Å². The van der Waals surface area contributed by atoms with Crippen molar-refractivity contribution in [1.82, 2.24) is 15.0 Å². The lowest BCUT2D eigenvalue weighted by molar-refractivity contribution is -0.138. The van der Waals surface area contributed by atoms with E-state index in [1.54, 1.807) is 11.1 Å². The van der Waals surface area contributed by atoms with Gasteiger partial charge in [-0.05, 0) is 25.3 Å². The highest BCUT2D eigenvalue weighted by molar-refractivity contribution is 5.82. The number of benzene rings is 1. The SMILES string of the molecule is Cc1nc(N)cc(N2CCC(C(=O)N3N=CC[C@H]3c3ccccc3)CC2)n1. The Morgan fingerprint density at radius 1 is 1.15 bits per heavy atom. The lowest BCUT2D eigenvalue weighted by Gasteiger charge is -2.34. The van der Waals surface area contributed by atoms with E-state index in [-0.39, 0.29) is 17.9 Å². The molecule has 3 heterocycles. The Balaban J connectivity index is 1.42. The maximum Gasteiger partial charge on any atom is 0.246 e. The van der Waals surface area contributed by atoms with E-state index >= 15 is 0 Å². The molecule has 7 nitrogen and oxygen atoms in total. The van der Waals surface area contributed by atoms with Gasteiger partial charge in [-0.1, -0.05) is 30.3 Å². The normalized spacial score (nSPS) is 20.3. The van der Waals surface area contributed by atoms with E-state index in [4.69, 9.17) is 5.73 Å². The lowest BCUT2D eigenvalue weighted by atomic mass is 9.94. The number of hydrazone groups is 1. The first kappa shape index (κ1) is 17.5. The maximum atomic E-state index is 13.1. The highest BCUT2D eigenvalue weighted by atomic mass is 16.2. The zero-order valence-corrected chi connectivity index (χ0v) is 15.5. The summed E-state index contributed by atoms with van der Waals surface area (Å²) in [5.74, 6) is 2.10. The molecule has 1 aromatic heterocycles. The van der Waals surface area contributed by atoms with Crippen LogP contribution in [0.3, 0.4) is 0 Å². The fraction of sp³-hybridized carbons (Fsp3) is 0.400. The molecule has 2 N–H and O–H groups in total. The fourth-order valence-electron chi connectivity index (χ4n) is 3.86. The summed E-state index contributed by atoms with van der Waals surface area (Å²) < 4.78 is 0. The summed E-state index contributed by atoms with van der Waals surface area (Å²) in [6.45, 7) is 3.39. The minimum absolute atomic E-state index is 0.0111. The Hall–Kier alpha value is -2.96. The van der Waals surface area contributed by atoms with Gasteiger partial charge in [-0.3, -0.25) is 4.79 Å². The van der Waals surface area contributed by atoms with Gasteiger partial charge in [-0.25, -0.2) is 15.0 Å². The van der Waals surface area contributed by atoms with Crippen molar-refractivity contribution >= 4 is 23.8 Å². The molecule has 0 spiro atoms. The summed E-state index contributed by atoms with van der Waals surface area (Å²) in [5.41, 5.74) is 6.97. The van der Waals surface area contributed by atoms with Gasteiger partial charge in [0.1, 0.15) is 17.5 Å². The van der Waals surface area contributed by atoms with Gasteiger partial charge in [0.15, 0.2) is 0 Å². The number of carbonyl (C=O) groups excluding carboxylic acids is 1. The number of nitrogen functional groups attached to an aromatic ring is 1. The second kappa shape index (κ2) is 7.34. The first-order valence-electron chi connectivity index (χ1n) is 9.38. The number of piperidine rings is 1. The first-order chi connectivity index (χ1) is 13.1. The third-order valence-electron chi connectivity index (χ3n) is 5.25. The quantitative estimate of drug-likeness (QED) is 0.904. The number of aromatic nitrogens is 2. The molecule has 1 atom stereocenters. The second-order valence-electron chi connectivity index (χ2n) is 7.10. The van der Waals surface area contributed by atoms with Gasteiger partial charge in [0.05, 0.1) is 6.04 Å².